The average molecular weight is 343 g/mol. The number of hydrogen-bond donors (Lipinski definition) is 0. The average Bonchev–Trinajstić information content (AvgIpc) is 2.60. The predicted octanol–water partition coefficient (Wildman–Crippen LogP) is 3.27. The van der Waals surface area contributed by atoms with Gasteiger partial charge in [0.25, 0.3) is 0 Å². The summed E-state index contributed by atoms with van der Waals surface area (Å²) >= 11 is 6.13. The highest BCUT2D eigenvalue weighted by Gasteiger charge is 2.19. The number of hydrogen-bond acceptors (Lipinski definition) is 3. The molecule has 0 N–H and O–H groups in total. The summed E-state index contributed by atoms with van der Waals surface area (Å²) in [5.74, 6) is 0.236. The molecule has 1 aliphatic heterocycles. The molecule has 0 atom stereocenters. The van der Waals surface area contributed by atoms with Gasteiger partial charge < -0.3 is 0 Å². The summed E-state index contributed by atoms with van der Waals surface area (Å²) in [6.07, 6.45) is 0.421. The first-order valence-corrected chi connectivity index (χ1v) is 8.82. The summed E-state index contributed by atoms with van der Waals surface area (Å²) in [5.41, 5.74) is 2.27. The molecule has 126 valence electrons. The van der Waals surface area contributed by atoms with E-state index in [1.165, 1.54) is 5.56 Å². The Morgan fingerprint density at radius 3 is 2.21 bits per heavy atom. The molecule has 2 aromatic rings. The Morgan fingerprint density at radius 1 is 0.875 bits per heavy atom. The molecule has 0 bridgehead atoms. The highest BCUT2D eigenvalue weighted by Crippen LogP contribution is 2.16. The molecule has 4 heteroatoms. The molecule has 0 aliphatic carbocycles. The van der Waals surface area contributed by atoms with Crippen LogP contribution >= 0.6 is 11.6 Å². The molecule has 1 heterocycles. The number of nitrogens with zero attached hydrogens (tertiary/aromatic N) is 2. The normalized spacial score (nSPS) is 16.2. The number of piperazine rings is 1. The molecular weight excluding hydrogens is 320 g/mol. The molecule has 0 spiro atoms. The highest BCUT2D eigenvalue weighted by molar-refractivity contribution is 6.31. The van der Waals surface area contributed by atoms with Crippen LogP contribution in [0.5, 0.6) is 0 Å². The standard InChI is InChI=1S/C20H23ClN2O/c21-20-9-5-4-8-18(20)14-19(24)16-23-12-10-22(11-13-23)15-17-6-2-1-3-7-17/h1-9H,10-16H2. The Hall–Kier alpha value is -1.68. The summed E-state index contributed by atoms with van der Waals surface area (Å²) in [4.78, 5) is 17.0. The van der Waals surface area contributed by atoms with Crippen molar-refractivity contribution in [3.63, 3.8) is 0 Å². The molecule has 0 unspecified atom stereocenters. The summed E-state index contributed by atoms with van der Waals surface area (Å²) in [5, 5.41) is 0.679. The maximum absolute atomic E-state index is 12.3. The maximum Gasteiger partial charge on any atom is 0.151 e. The summed E-state index contributed by atoms with van der Waals surface area (Å²) in [6.45, 7) is 5.41. The molecule has 2 aromatic carbocycles. The van der Waals surface area contributed by atoms with Crippen molar-refractivity contribution in [2.75, 3.05) is 32.7 Å². The molecule has 0 amide bonds. The van der Waals surface area contributed by atoms with E-state index < -0.39 is 0 Å². The lowest BCUT2D eigenvalue weighted by molar-refractivity contribution is -0.120. The number of ketones is 1. The van der Waals surface area contributed by atoms with Crippen LogP contribution in [-0.2, 0) is 17.8 Å². The monoisotopic (exact) mass is 342 g/mol. The number of carbonyl (C=O) groups excluding carboxylic acids is 1. The minimum absolute atomic E-state index is 0.236. The second-order valence-electron chi connectivity index (χ2n) is 6.34. The van der Waals surface area contributed by atoms with Crippen molar-refractivity contribution in [1.82, 2.24) is 9.80 Å². The number of Topliss-reactive ketones (excluding diaryl/α,β-unsaturated/α-hetero) is 1. The number of benzene rings is 2. The van der Waals surface area contributed by atoms with E-state index in [9.17, 15) is 4.79 Å². The molecule has 3 rings (SSSR count). The van der Waals surface area contributed by atoms with E-state index >= 15 is 0 Å². The topological polar surface area (TPSA) is 23.6 Å². The zero-order valence-corrected chi connectivity index (χ0v) is 14.6. The Balaban J connectivity index is 1.43. The highest BCUT2D eigenvalue weighted by atomic mass is 35.5. The fourth-order valence-corrected chi connectivity index (χ4v) is 3.31. The van der Waals surface area contributed by atoms with Gasteiger partial charge in [0, 0.05) is 44.2 Å². The van der Waals surface area contributed by atoms with Crippen molar-refractivity contribution in [2.24, 2.45) is 0 Å². The van der Waals surface area contributed by atoms with Gasteiger partial charge in [0.2, 0.25) is 0 Å². The van der Waals surface area contributed by atoms with Crippen molar-refractivity contribution in [1.29, 1.82) is 0 Å². The van der Waals surface area contributed by atoms with Gasteiger partial charge in [-0.05, 0) is 17.2 Å². The summed E-state index contributed by atoms with van der Waals surface area (Å²) < 4.78 is 0. The van der Waals surface area contributed by atoms with E-state index in [1.807, 2.05) is 30.3 Å². The third-order valence-electron chi connectivity index (χ3n) is 4.46. The Kier molecular flexibility index (Phi) is 6.02. The minimum Gasteiger partial charge on any atom is -0.298 e. The molecule has 1 fully saturated rings. The number of carbonyl (C=O) groups is 1. The summed E-state index contributed by atoms with van der Waals surface area (Å²) in [7, 11) is 0. The van der Waals surface area contributed by atoms with Gasteiger partial charge in [-0.25, -0.2) is 0 Å². The third kappa shape index (κ3) is 4.91. The van der Waals surface area contributed by atoms with E-state index in [2.05, 4.69) is 34.1 Å². The minimum atomic E-state index is 0.236. The molecule has 24 heavy (non-hydrogen) atoms. The molecule has 0 saturated carbocycles. The van der Waals surface area contributed by atoms with Gasteiger partial charge in [-0.2, -0.15) is 0 Å². The van der Waals surface area contributed by atoms with Crippen molar-refractivity contribution in [3.05, 3.63) is 70.7 Å². The van der Waals surface area contributed by atoms with Gasteiger partial charge in [-0.1, -0.05) is 60.1 Å². The first kappa shape index (κ1) is 17.2. The SMILES string of the molecule is O=C(Cc1ccccc1Cl)CN1CCN(Cc2ccccc2)CC1. The molecule has 0 aromatic heterocycles. The van der Waals surface area contributed by atoms with Crippen molar-refractivity contribution < 1.29 is 4.79 Å². The van der Waals surface area contributed by atoms with Crippen LogP contribution in [0.1, 0.15) is 11.1 Å². The van der Waals surface area contributed by atoms with Gasteiger partial charge in [-0.3, -0.25) is 14.6 Å². The first-order valence-electron chi connectivity index (χ1n) is 8.44. The lowest BCUT2D eigenvalue weighted by atomic mass is 10.1. The van der Waals surface area contributed by atoms with E-state index in [1.54, 1.807) is 0 Å². The fraction of sp³-hybridized carbons (Fsp3) is 0.350. The van der Waals surface area contributed by atoms with Gasteiger partial charge in [-0.15, -0.1) is 0 Å². The Morgan fingerprint density at radius 2 is 1.50 bits per heavy atom. The maximum atomic E-state index is 12.3. The first-order chi connectivity index (χ1) is 11.7. The second kappa shape index (κ2) is 8.43. The van der Waals surface area contributed by atoms with Crippen LogP contribution in [0.25, 0.3) is 0 Å². The van der Waals surface area contributed by atoms with Crippen LogP contribution in [0.4, 0.5) is 0 Å². The zero-order valence-electron chi connectivity index (χ0n) is 13.8. The molecule has 1 saturated heterocycles. The number of rotatable bonds is 6. The van der Waals surface area contributed by atoms with Crippen molar-refractivity contribution >= 4 is 17.4 Å². The van der Waals surface area contributed by atoms with Crippen molar-refractivity contribution in [2.45, 2.75) is 13.0 Å². The Bertz CT molecular complexity index is 666. The van der Waals surface area contributed by atoms with E-state index in [0.717, 1.165) is 38.3 Å². The van der Waals surface area contributed by atoms with Crippen LogP contribution in [0.2, 0.25) is 5.02 Å². The molecule has 0 radical (unpaired) electrons. The van der Waals surface area contributed by atoms with Crippen molar-refractivity contribution in [3.8, 4) is 0 Å². The van der Waals surface area contributed by atoms with E-state index in [-0.39, 0.29) is 5.78 Å². The second-order valence-corrected chi connectivity index (χ2v) is 6.75. The van der Waals surface area contributed by atoms with Gasteiger partial charge in [0.05, 0.1) is 6.54 Å². The van der Waals surface area contributed by atoms with E-state index in [4.69, 9.17) is 11.6 Å². The largest absolute Gasteiger partial charge is 0.298 e. The predicted molar refractivity (Wildman–Crippen MR) is 98.3 cm³/mol. The summed E-state index contributed by atoms with van der Waals surface area (Å²) in [6, 6.07) is 18.1. The van der Waals surface area contributed by atoms with Crippen LogP contribution in [0, 0.1) is 0 Å². The zero-order chi connectivity index (χ0) is 16.8. The lowest BCUT2D eigenvalue weighted by Crippen LogP contribution is -2.47. The van der Waals surface area contributed by atoms with Crippen LogP contribution in [-0.4, -0.2) is 48.3 Å². The van der Waals surface area contributed by atoms with Crippen LogP contribution in [0.15, 0.2) is 54.6 Å². The Labute approximate surface area is 148 Å². The lowest BCUT2D eigenvalue weighted by Gasteiger charge is -2.34. The quantitative estimate of drug-likeness (QED) is 0.805. The molecular formula is C20H23ClN2O. The third-order valence-corrected chi connectivity index (χ3v) is 4.83. The smallest absolute Gasteiger partial charge is 0.151 e. The molecule has 1 aliphatic rings. The van der Waals surface area contributed by atoms with Gasteiger partial charge in [0.15, 0.2) is 5.78 Å². The van der Waals surface area contributed by atoms with Gasteiger partial charge >= 0.3 is 0 Å². The van der Waals surface area contributed by atoms with Gasteiger partial charge in [0.1, 0.15) is 0 Å². The van der Waals surface area contributed by atoms with Crippen LogP contribution < -0.4 is 0 Å². The van der Waals surface area contributed by atoms with Crippen LogP contribution in [0.3, 0.4) is 0 Å². The van der Waals surface area contributed by atoms with E-state index in [0.29, 0.717) is 18.0 Å². The molecule has 3 nitrogen and oxygen atoms in total. The number of halogens is 1. The fourth-order valence-electron chi connectivity index (χ4n) is 3.11.